The summed E-state index contributed by atoms with van der Waals surface area (Å²) in [4.78, 5) is 36.9. The molecule has 7 atom stereocenters. The standard InChI is InChI=1S/C21H30O4/c1-12(22)25-14-6-8-20(2)13(10-14)11-17(23)19-15-4-5-18(24)21(15,3)9-7-16(19)20/h13-16,19H,4-11H2,1-3H3/t13-,14-,15-,16-,19-,20+,21-/m1/s1. The number of hydrogen-bond acceptors (Lipinski definition) is 4. The molecule has 25 heavy (non-hydrogen) atoms. The second kappa shape index (κ2) is 5.65. The maximum Gasteiger partial charge on any atom is 0.302 e. The van der Waals surface area contributed by atoms with Crippen LogP contribution in [-0.4, -0.2) is 23.6 Å². The van der Waals surface area contributed by atoms with Crippen LogP contribution in [0.5, 0.6) is 0 Å². The van der Waals surface area contributed by atoms with Gasteiger partial charge < -0.3 is 4.74 Å². The van der Waals surface area contributed by atoms with E-state index in [-0.39, 0.29) is 34.7 Å². The summed E-state index contributed by atoms with van der Waals surface area (Å²) >= 11 is 0. The zero-order chi connectivity index (χ0) is 18.0. The van der Waals surface area contributed by atoms with Gasteiger partial charge in [0.2, 0.25) is 0 Å². The molecular formula is C21H30O4. The Morgan fingerprint density at radius 1 is 1.08 bits per heavy atom. The lowest BCUT2D eigenvalue weighted by Gasteiger charge is -2.59. The third-order valence-corrected chi connectivity index (χ3v) is 8.46. The van der Waals surface area contributed by atoms with Crippen molar-refractivity contribution in [3.63, 3.8) is 0 Å². The Balaban J connectivity index is 1.60. The van der Waals surface area contributed by atoms with Crippen LogP contribution in [0.4, 0.5) is 0 Å². The van der Waals surface area contributed by atoms with E-state index in [1.54, 1.807) is 0 Å². The lowest BCUT2D eigenvalue weighted by Crippen LogP contribution is -2.57. The van der Waals surface area contributed by atoms with Gasteiger partial charge >= 0.3 is 5.97 Å². The summed E-state index contributed by atoms with van der Waals surface area (Å²) in [6.45, 7) is 5.95. The highest BCUT2D eigenvalue weighted by Crippen LogP contribution is 2.64. The number of carbonyl (C=O) groups is 3. The summed E-state index contributed by atoms with van der Waals surface area (Å²) < 4.78 is 5.46. The van der Waals surface area contributed by atoms with Crippen molar-refractivity contribution in [1.82, 2.24) is 0 Å². The minimum absolute atomic E-state index is 0.0261. The van der Waals surface area contributed by atoms with Gasteiger partial charge in [-0.1, -0.05) is 13.8 Å². The van der Waals surface area contributed by atoms with Gasteiger partial charge in [0, 0.05) is 31.1 Å². The minimum Gasteiger partial charge on any atom is -0.463 e. The lowest BCUT2D eigenvalue weighted by atomic mass is 9.45. The molecule has 0 aliphatic heterocycles. The van der Waals surface area contributed by atoms with Crippen LogP contribution in [0.2, 0.25) is 0 Å². The van der Waals surface area contributed by atoms with E-state index in [0.29, 0.717) is 36.2 Å². The molecular weight excluding hydrogens is 316 g/mol. The number of carbonyl (C=O) groups excluding carboxylic acids is 3. The molecule has 4 fully saturated rings. The minimum atomic E-state index is -0.255. The van der Waals surface area contributed by atoms with Crippen molar-refractivity contribution in [2.75, 3.05) is 0 Å². The Kier molecular flexibility index (Phi) is 3.90. The first kappa shape index (κ1) is 17.2. The Morgan fingerprint density at radius 3 is 2.56 bits per heavy atom. The van der Waals surface area contributed by atoms with Crippen LogP contribution in [0.1, 0.15) is 72.1 Å². The number of fused-ring (bicyclic) bond motifs is 5. The Labute approximate surface area is 150 Å². The first-order valence-electron chi connectivity index (χ1n) is 9.99. The number of esters is 1. The molecule has 0 heterocycles. The number of hydrogen-bond donors (Lipinski definition) is 0. The van der Waals surface area contributed by atoms with Gasteiger partial charge in [-0.05, 0) is 61.7 Å². The van der Waals surface area contributed by atoms with Crippen molar-refractivity contribution in [3.05, 3.63) is 0 Å². The normalized spacial score (nSPS) is 49.2. The third kappa shape index (κ3) is 2.43. The lowest BCUT2D eigenvalue weighted by molar-refractivity contribution is -0.166. The fourth-order valence-corrected chi connectivity index (χ4v) is 7.01. The van der Waals surface area contributed by atoms with E-state index in [9.17, 15) is 14.4 Å². The number of rotatable bonds is 1. The first-order valence-corrected chi connectivity index (χ1v) is 9.99. The van der Waals surface area contributed by atoms with Crippen LogP contribution in [0, 0.1) is 34.5 Å². The van der Waals surface area contributed by atoms with Crippen molar-refractivity contribution < 1.29 is 19.1 Å². The predicted octanol–water partition coefficient (Wildman–Crippen LogP) is 3.71. The predicted molar refractivity (Wildman–Crippen MR) is 92.7 cm³/mol. The zero-order valence-electron chi connectivity index (χ0n) is 15.7. The van der Waals surface area contributed by atoms with E-state index in [0.717, 1.165) is 38.5 Å². The topological polar surface area (TPSA) is 60.4 Å². The Morgan fingerprint density at radius 2 is 1.84 bits per heavy atom. The van der Waals surface area contributed by atoms with Crippen LogP contribution >= 0.6 is 0 Å². The van der Waals surface area contributed by atoms with Crippen LogP contribution in [0.15, 0.2) is 0 Å². The van der Waals surface area contributed by atoms with Gasteiger partial charge in [-0.15, -0.1) is 0 Å². The number of Topliss-reactive ketones (excluding diaryl/α,β-unsaturated/α-hetero) is 2. The van der Waals surface area contributed by atoms with Crippen molar-refractivity contribution >= 4 is 17.5 Å². The van der Waals surface area contributed by atoms with Gasteiger partial charge in [0.15, 0.2) is 0 Å². The van der Waals surface area contributed by atoms with Crippen molar-refractivity contribution in [2.45, 2.75) is 78.2 Å². The molecule has 0 aromatic carbocycles. The molecule has 4 saturated carbocycles. The second-order valence-electron chi connectivity index (χ2n) is 9.54. The van der Waals surface area contributed by atoms with Crippen LogP contribution in [-0.2, 0) is 19.1 Å². The van der Waals surface area contributed by atoms with Crippen LogP contribution in [0.25, 0.3) is 0 Å². The average molecular weight is 346 g/mol. The van der Waals surface area contributed by atoms with Crippen molar-refractivity contribution in [3.8, 4) is 0 Å². The van der Waals surface area contributed by atoms with E-state index in [2.05, 4.69) is 13.8 Å². The molecule has 4 heteroatoms. The molecule has 0 amide bonds. The summed E-state index contributed by atoms with van der Waals surface area (Å²) in [6, 6.07) is 0. The second-order valence-corrected chi connectivity index (χ2v) is 9.54. The van der Waals surface area contributed by atoms with Gasteiger partial charge in [0.05, 0.1) is 0 Å². The SMILES string of the molecule is CC(=O)O[C@@H]1CC[C@@]2(C)[C@@H](CC(=O)[C@H]3[C@H]2CC[C@@]2(C)C(=O)CC[C@H]32)C1. The summed E-state index contributed by atoms with van der Waals surface area (Å²) in [5.41, 5.74) is -0.100. The van der Waals surface area contributed by atoms with Gasteiger partial charge in [0.1, 0.15) is 17.7 Å². The first-order chi connectivity index (χ1) is 11.8. The molecule has 0 spiro atoms. The average Bonchev–Trinajstić information content (AvgIpc) is 2.84. The van der Waals surface area contributed by atoms with Gasteiger partial charge in [-0.2, -0.15) is 0 Å². The van der Waals surface area contributed by atoms with Crippen molar-refractivity contribution in [2.24, 2.45) is 34.5 Å². The quantitative estimate of drug-likeness (QED) is 0.679. The molecule has 0 unspecified atom stereocenters. The molecule has 138 valence electrons. The van der Waals surface area contributed by atoms with Gasteiger partial charge in [-0.3, -0.25) is 14.4 Å². The molecule has 0 radical (unpaired) electrons. The highest BCUT2D eigenvalue weighted by atomic mass is 16.5. The monoisotopic (exact) mass is 346 g/mol. The molecule has 0 bridgehead atoms. The molecule has 0 saturated heterocycles. The molecule has 0 aromatic heterocycles. The molecule has 0 N–H and O–H groups in total. The Hall–Kier alpha value is -1.19. The summed E-state index contributed by atoms with van der Waals surface area (Å²) in [5.74, 6) is 1.61. The van der Waals surface area contributed by atoms with E-state index in [4.69, 9.17) is 4.74 Å². The smallest absolute Gasteiger partial charge is 0.302 e. The summed E-state index contributed by atoms with van der Waals surface area (Å²) in [5, 5.41) is 0. The van der Waals surface area contributed by atoms with Gasteiger partial charge in [0.25, 0.3) is 0 Å². The molecule has 4 aliphatic rings. The molecule has 0 aromatic rings. The van der Waals surface area contributed by atoms with Crippen LogP contribution in [0.3, 0.4) is 0 Å². The summed E-state index contributed by atoms with van der Waals surface area (Å²) in [6.07, 6.45) is 6.85. The van der Waals surface area contributed by atoms with Crippen LogP contribution < -0.4 is 0 Å². The van der Waals surface area contributed by atoms with Gasteiger partial charge in [-0.25, -0.2) is 0 Å². The summed E-state index contributed by atoms with van der Waals surface area (Å²) in [7, 11) is 0. The number of ether oxygens (including phenoxy) is 1. The zero-order valence-corrected chi connectivity index (χ0v) is 15.7. The highest BCUT2D eigenvalue weighted by Gasteiger charge is 2.62. The third-order valence-electron chi connectivity index (χ3n) is 8.46. The maximum absolute atomic E-state index is 13.1. The largest absolute Gasteiger partial charge is 0.463 e. The van der Waals surface area contributed by atoms with E-state index < -0.39 is 0 Å². The molecule has 4 nitrogen and oxygen atoms in total. The highest BCUT2D eigenvalue weighted by molar-refractivity contribution is 5.90. The van der Waals surface area contributed by atoms with E-state index in [1.807, 2.05) is 0 Å². The van der Waals surface area contributed by atoms with E-state index >= 15 is 0 Å². The molecule has 4 rings (SSSR count). The maximum atomic E-state index is 13.1. The van der Waals surface area contributed by atoms with Crippen molar-refractivity contribution in [1.29, 1.82) is 0 Å². The van der Waals surface area contributed by atoms with E-state index in [1.165, 1.54) is 6.92 Å². The Bertz CT molecular complexity index is 625. The molecule has 4 aliphatic carbocycles. The fourth-order valence-electron chi connectivity index (χ4n) is 7.01. The fraction of sp³-hybridized carbons (Fsp3) is 0.857. The number of ketones is 2.